The van der Waals surface area contributed by atoms with E-state index in [4.69, 9.17) is 11.6 Å². The van der Waals surface area contributed by atoms with Crippen LogP contribution in [0.5, 0.6) is 0 Å². The summed E-state index contributed by atoms with van der Waals surface area (Å²) in [7, 11) is 0. The molecule has 2 N–H and O–H groups in total. The summed E-state index contributed by atoms with van der Waals surface area (Å²) in [5.74, 6) is 0.358. The molecule has 0 bridgehead atoms. The van der Waals surface area contributed by atoms with E-state index in [0.717, 1.165) is 43.9 Å². The second kappa shape index (κ2) is 8.41. The number of benzene rings is 1. The lowest BCUT2D eigenvalue weighted by atomic mass is 10.1. The number of halogens is 2. The van der Waals surface area contributed by atoms with Gasteiger partial charge in [0, 0.05) is 18.1 Å². The van der Waals surface area contributed by atoms with E-state index >= 15 is 0 Å². The average molecular weight is 303 g/mol. The molecule has 1 saturated heterocycles. The molecule has 1 aliphatic rings. The smallest absolute Gasteiger partial charge is 0.224 e. The van der Waals surface area contributed by atoms with Crippen LogP contribution in [-0.2, 0) is 11.2 Å². The normalized spacial score (nSPS) is 17.8. The zero-order valence-electron chi connectivity index (χ0n) is 10.8. The summed E-state index contributed by atoms with van der Waals surface area (Å²) < 4.78 is 0. The fraction of sp³-hybridized carbons (Fsp3) is 0.500. The largest absolute Gasteiger partial charge is 0.356 e. The van der Waals surface area contributed by atoms with E-state index in [9.17, 15) is 4.79 Å². The Kier molecular flexibility index (Phi) is 7.21. The van der Waals surface area contributed by atoms with Crippen LogP contribution in [0.1, 0.15) is 18.4 Å². The molecule has 19 heavy (non-hydrogen) atoms. The topological polar surface area (TPSA) is 41.1 Å². The maximum Gasteiger partial charge on any atom is 0.224 e. The molecule has 0 radical (unpaired) electrons. The van der Waals surface area contributed by atoms with Gasteiger partial charge >= 0.3 is 0 Å². The van der Waals surface area contributed by atoms with Crippen molar-refractivity contribution < 1.29 is 4.79 Å². The summed E-state index contributed by atoms with van der Waals surface area (Å²) in [5.41, 5.74) is 1.26. The molecule has 1 amide bonds. The molecule has 0 aliphatic carbocycles. The molecule has 1 aromatic carbocycles. The molecule has 5 heteroatoms. The standard InChI is InChI=1S/C14H19ClN2O.ClH/c15-13-5-3-11(4-6-13)2-1-8-17-14(18)12-7-9-16-10-12;/h3-6,12,16H,1-2,7-10H2,(H,17,18);1H. The van der Waals surface area contributed by atoms with Gasteiger partial charge in [0.25, 0.3) is 0 Å². The van der Waals surface area contributed by atoms with Gasteiger partial charge in [-0.3, -0.25) is 4.79 Å². The zero-order valence-corrected chi connectivity index (χ0v) is 12.4. The highest BCUT2D eigenvalue weighted by Crippen LogP contribution is 2.11. The maximum absolute atomic E-state index is 11.7. The van der Waals surface area contributed by atoms with Gasteiger partial charge in [0.15, 0.2) is 0 Å². The number of rotatable bonds is 5. The van der Waals surface area contributed by atoms with Gasteiger partial charge < -0.3 is 10.6 Å². The molecule has 1 unspecified atom stereocenters. The number of carbonyl (C=O) groups is 1. The minimum atomic E-state index is 0. The van der Waals surface area contributed by atoms with Crippen LogP contribution >= 0.6 is 24.0 Å². The highest BCUT2D eigenvalue weighted by Gasteiger charge is 2.21. The Balaban J connectivity index is 0.00000180. The first-order valence-electron chi connectivity index (χ1n) is 6.48. The first-order valence-corrected chi connectivity index (χ1v) is 6.86. The van der Waals surface area contributed by atoms with Gasteiger partial charge in [-0.25, -0.2) is 0 Å². The maximum atomic E-state index is 11.7. The third kappa shape index (κ3) is 5.39. The van der Waals surface area contributed by atoms with Crippen LogP contribution in [0.25, 0.3) is 0 Å². The third-order valence-corrected chi connectivity index (χ3v) is 3.54. The lowest BCUT2D eigenvalue weighted by molar-refractivity contribution is -0.124. The van der Waals surface area contributed by atoms with Crippen molar-refractivity contribution in [1.29, 1.82) is 0 Å². The van der Waals surface area contributed by atoms with E-state index in [1.165, 1.54) is 5.56 Å². The fourth-order valence-electron chi connectivity index (χ4n) is 2.18. The summed E-state index contributed by atoms with van der Waals surface area (Å²) in [5, 5.41) is 6.97. The van der Waals surface area contributed by atoms with Gasteiger partial charge in [0.05, 0.1) is 5.92 Å². The Bertz CT molecular complexity index is 389. The number of carbonyl (C=O) groups excluding carboxylic acids is 1. The van der Waals surface area contributed by atoms with E-state index in [2.05, 4.69) is 10.6 Å². The minimum Gasteiger partial charge on any atom is -0.356 e. The van der Waals surface area contributed by atoms with E-state index in [-0.39, 0.29) is 24.2 Å². The van der Waals surface area contributed by atoms with Gasteiger partial charge in [-0.15, -0.1) is 12.4 Å². The van der Waals surface area contributed by atoms with Gasteiger partial charge in [-0.05, 0) is 43.5 Å². The number of nitrogens with one attached hydrogen (secondary N) is 2. The van der Waals surface area contributed by atoms with Crippen LogP contribution in [0.3, 0.4) is 0 Å². The van der Waals surface area contributed by atoms with Crippen molar-refractivity contribution in [3.8, 4) is 0 Å². The van der Waals surface area contributed by atoms with Crippen LogP contribution in [-0.4, -0.2) is 25.5 Å². The highest BCUT2D eigenvalue weighted by molar-refractivity contribution is 6.30. The Morgan fingerprint density at radius 2 is 2.11 bits per heavy atom. The Labute approximate surface area is 125 Å². The van der Waals surface area contributed by atoms with Crippen LogP contribution in [0.4, 0.5) is 0 Å². The highest BCUT2D eigenvalue weighted by atomic mass is 35.5. The number of hydrogen-bond donors (Lipinski definition) is 2. The molecule has 0 spiro atoms. The molecule has 0 aromatic heterocycles. The molecule has 1 heterocycles. The second-order valence-electron chi connectivity index (χ2n) is 4.71. The van der Waals surface area contributed by atoms with Crippen LogP contribution in [0, 0.1) is 5.92 Å². The first kappa shape index (κ1) is 16.3. The van der Waals surface area contributed by atoms with Crippen molar-refractivity contribution >= 4 is 29.9 Å². The number of amides is 1. The molecule has 3 nitrogen and oxygen atoms in total. The zero-order chi connectivity index (χ0) is 12.8. The van der Waals surface area contributed by atoms with Gasteiger partial charge in [-0.1, -0.05) is 23.7 Å². The lowest BCUT2D eigenvalue weighted by Crippen LogP contribution is -2.32. The van der Waals surface area contributed by atoms with E-state index < -0.39 is 0 Å². The Morgan fingerprint density at radius 3 is 2.74 bits per heavy atom. The van der Waals surface area contributed by atoms with Crippen molar-refractivity contribution in [1.82, 2.24) is 10.6 Å². The van der Waals surface area contributed by atoms with Crippen LogP contribution in [0.2, 0.25) is 5.02 Å². The molecule has 2 rings (SSSR count). The SMILES string of the molecule is Cl.O=C(NCCCc1ccc(Cl)cc1)C1CCNC1. The summed E-state index contributed by atoms with van der Waals surface area (Å²) in [6, 6.07) is 7.87. The molecular formula is C14H20Cl2N2O. The number of aryl methyl sites for hydroxylation is 1. The third-order valence-electron chi connectivity index (χ3n) is 3.29. The molecule has 1 aliphatic heterocycles. The molecule has 106 valence electrons. The predicted octanol–water partition coefficient (Wildman–Crippen LogP) is 2.42. The van der Waals surface area contributed by atoms with Crippen molar-refractivity contribution in [3.05, 3.63) is 34.9 Å². The molecule has 1 fully saturated rings. The lowest BCUT2D eigenvalue weighted by Gasteiger charge is -2.09. The van der Waals surface area contributed by atoms with Crippen molar-refractivity contribution in [2.24, 2.45) is 5.92 Å². The monoisotopic (exact) mass is 302 g/mol. The summed E-state index contributed by atoms with van der Waals surface area (Å²) in [6.45, 7) is 2.53. The van der Waals surface area contributed by atoms with Crippen molar-refractivity contribution in [2.45, 2.75) is 19.3 Å². The van der Waals surface area contributed by atoms with Crippen molar-refractivity contribution in [2.75, 3.05) is 19.6 Å². The van der Waals surface area contributed by atoms with E-state index in [1.54, 1.807) is 0 Å². The summed E-state index contributed by atoms with van der Waals surface area (Å²) in [6.07, 6.45) is 2.90. The van der Waals surface area contributed by atoms with Gasteiger partial charge in [0.2, 0.25) is 5.91 Å². The quantitative estimate of drug-likeness (QED) is 0.820. The molecular weight excluding hydrogens is 283 g/mol. The van der Waals surface area contributed by atoms with E-state index in [1.807, 2.05) is 24.3 Å². The predicted molar refractivity (Wildman–Crippen MR) is 81.0 cm³/mol. The summed E-state index contributed by atoms with van der Waals surface area (Å²) in [4.78, 5) is 11.7. The number of hydrogen-bond acceptors (Lipinski definition) is 2. The van der Waals surface area contributed by atoms with Crippen LogP contribution < -0.4 is 10.6 Å². The first-order chi connectivity index (χ1) is 8.75. The fourth-order valence-corrected chi connectivity index (χ4v) is 2.30. The molecule has 1 atom stereocenters. The second-order valence-corrected chi connectivity index (χ2v) is 5.15. The van der Waals surface area contributed by atoms with Gasteiger partial charge in [-0.2, -0.15) is 0 Å². The molecule has 1 aromatic rings. The van der Waals surface area contributed by atoms with E-state index in [0.29, 0.717) is 0 Å². The minimum absolute atomic E-state index is 0. The Morgan fingerprint density at radius 1 is 1.37 bits per heavy atom. The van der Waals surface area contributed by atoms with Gasteiger partial charge in [0.1, 0.15) is 0 Å². The molecule has 0 saturated carbocycles. The van der Waals surface area contributed by atoms with Crippen molar-refractivity contribution in [3.63, 3.8) is 0 Å². The summed E-state index contributed by atoms with van der Waals surface area (Å²) >= 11 is 5.82. The average Bonchev–Trinajstić information content (AvgIpc) is 2.90. The Hall–Kier alpha value is -0.770. The van der Waals surface area contributed by atoms with Crippen LogP contribution in [0.15, 0.2) is 24.3 Å².